The van der Waals surface area contributed by atoms with Crippen LogP contribution in [0, 0.1) is 24.5 Å². The quantitative estimate of drug-likeness (QED) is 0.383. The second-order valence-corrected chi connectivity index (χ2v) is 4.02. The largest absolute Gasteiger partial charge is 0.241 e. The molecular formula is C9H13IN+. The number of nitrogens with zero attached hydrogens (tertiary/aromatic N) is 1. The van der Waals surface area contributed by atoms with Crippen LogP contribution in [0.2, 0.25) is 0 Å². The molecule has 11 heavy (non-hydrogen) atoms. The minimum Gasteiger partial charge on any atom is -0.194 e. The molecule has 0 aliphatic heterocycles. The SMILES string of the molecule is Cc1cc(I)[n+](C)c(C)c1C. The van der Waals surface area contributed by atoms with Crippen molar-refractivity contribution in [2.24, 2.45) is 7.05 Å². The lowest BCUT2D eigenvalue weighted by Gasteiger charge is -2.03. The van der Waals surface area contributed by atoms with Gasteiger partial charge in [0.05, 0.1) is 0 Å². The Morgan fingerprint density at radius 3 is 2.36 bits per heavy atom. The second-order valence-electron chi connectivity index (χ2n) is 2.92. The highest BCUT2D eigenvalue weighted by molar-refractivity contribution is 14.1. The Kier molecular flexibility index (Phi) is 2.52. The molecule has 0 saturated heterocycles. The topological polar surface area (TPSA) is 3.88 Å². The van der Waals surface area contributed by atoms with Crippen LogP contribution in [0.25, 0.3) is 0 Å². The van der Waals surface area contributed by atoms with Gasteiger partial charge < -0.3 is 0 Å². The van der Waals surface area contributed by atoms with Gasteiger partial charge in [-0.2, -0.15) is 4.57 Å². The van der Waals surface area contributed by atoms with Crippen molar-refractivity contribution in [2.75, 3.05) is 0 Å². The highest BCUT2D eigenvalue weighted by Gasteiger charge is 2.11. The summed E-state index contributed by atoms with van der Waals surface area (Å²) in [6.45, 7) is 6.48. The normalized spacial score (nSPS) is 10.3. The van der Waals surface area contributed by atoms with Gasteiger partial charge in [0.15, 0.2) is 5.69 Å². The highest BCUT2D eigenvalue weighted by atomic mass is 127. The molecule has 1 rings (SSSR count). The molecule has 1 aromatic heterocycles. The summed E-state index contributed by atoms with van der Waals surface area (Å²) in [5.74, 6) is 0. The Morgan fingerprint density at radius 1 is 1.27 bits per heavy atom. The van der Waals surface area contributed by atoms with Crippen LogP contribution in [-0.2, 0) is 7.05 Å². The van der Waals surface area contributed by atoms with Gasteiger partial charge in [0, 0.05) is 41.1 Å². The van der Waals surface area contributed by atoms with Crippen molar-refractivity contribution in [3.05, 3.63) is 26.6 Å². The van der Waals surface area contributed by atoms with Crippen LogP contribution >= 0.6 is 22.6 Å². The molecule has 1 heterocycles. The third-order valence-corrected chi connectivity index (χ3v) is 3.33. The van der Waals surface area contributed by atoms with Gasteiger partial charge in [-0.3, -0.25) is 0 Å². The predicted molar refractivity (Wildman–Crippen MR) is 54.5 cm³/mol. The fourth-order valence-corrected chi connectivity index (χ4v) is 1.91. The Bertz CT molecular complexity index is 266. The summed E-state index contributed by atoms with van der Waals surface area (Å²) in [7, 11) is 2.10. The summed E-state index contributed by atoms with van der Waals surface area (Å²) in [6, 6.07) is 2.21. The van der Waals surface area contributed by atoms with E-state index in [0.717, 1.165) is 0 Å². The van der Waals surface area contributed by atoms with E-state index in [1.54, 1.807) is 0 Å². The average molecular weight is 262 g/mol. The zero-order valence-electron chi connectivity index (χ0n) is 7.40. The third kappa shape index (κ3) is 1.55. The lowest BCUT2D eigenvalue weighted by Crippen LogP contribution is -2.37. The Hall–Kier alpha value is -0.120. The Labute approximate surface area is 81.6 Å². The number of hydrogen-bond donors (Lipinski definition) is 0. The summed E-state index contributed by atoms with van der Waals surface area (Å²) in [6.07, 6.45) is 0. The molecule has 0 aliphatic carbocycles. The Morgan fingerprint density at radius 2 is 1.82 bits per heavy atom. The summed E-state index contributed by atoms with van der Waals surface area (Å²) in [4.78, 5) is 0. The molecule has 0 radical (unpaired) electrons. The lowest BCUT2D eigenvalue weighted by atomic mass is 10.1. The minimum absolute atomic E-state index is 1.29. The maximum Gasteiger partial charge on any atom is 0.241 e. The van der Waals surface area contributed by atoms with E-state index in [1.165, 1.54) is 20.5 Å². The molecule has 0 saturated carbocycles. The average Bonchev–Trinajstić information content (AvgIpc) is 1.97. The van der Waals surface area contributed by atoms with E-state index >= 15 is 0 Å². The van der Waals surface area contributed by atoms with E-state index in [2.05, 4.69) is 61.0 Å². The number of aromatic nitrogens is 1. The fraction of sp³-hybridized carbons (Fsp3) is 0.444. The van der Waals surface area contributed by atoms with Crippen molar-refractivity contribution >= 4 is 22.6 Å². The summed E-state index contributed by atoms with van der Waals surface area (Å²) in [5, 5.41) is 0. The van der Waals surface area contributed by atoms with Crippen LogP contribution in [0.15, 0.2) is 6.07 Å². The summed E-state index contributed by atoms with van der Waals surface area (Å²) >= 11 is 2.36. The van der Waals surface area contributed by atoms with Crippen molar-refractivity contribution < 1.29 is 4.57 Å². The van der Waals surface area contributed by atoms with Gasteiger partial charge >= 0.3 is 0 Å². The monoisotopic (exact) mass is 262 g/mol. The Balaban J connectivity index is 3.46. The zero-order valence-corrected chi connectivity index (χ0v) is 9.56. The van der Waals surface area contributed by atoms with Gasteiger partial charge in [0.2, 0.25) is 3.70 Å². The first-order chi connectivity index (χ1) is 5.04. The van der Waals surface area contributed by atoms with Crippen molar-refractivity contribution in [1.29, 1.82) is 0 Å². The molecule has 0 amide bonds. The molecule has 0 aliphatic rings. The molecule has 0 N–H and O–H groups in total. The number of aryl methyl sites for hydroxylation is 1. The smallest absolute Gasteiger partial charge is 0.194 e. The molecule has 0 fully saturated rings. The molecule has 60 valence electrons. The van der Waals surface area contributed by atoms with Crippen LogP contribution in [0.3, 0.4) is 0 Å². The predicted octanol–water partition coefficient (Wildman–Crippen LogP) is 2.04. The second kappa shape index (κ2) is 3.09. The van der Waals surface area contributed by atoms with Crippen LogP contribution < -0.4 is 4.57 Å². The first-order valence-electron chi connectivity index (χ1n) is 3.66. The van der Waals surface area contributed by atoms with E-state index in [-0.39, 0.29) is 0 Å². The lowest BCUT2D eigenvalue weighted by molar-refractivity contribution is -0.690. The maximum absolute atomic E-state index is 2.36. The van der Waals surface area contributed by atoms with Gasteiger partial charge in [-0.1, -0.05) is 0 Å². The first-order valence-corrected chi connectivity index (χ1v) is 4.74. The molecule has 0 unspecified atom stereocenters. The van der Waals surface area contributed by atoms with E-state index in [9.17, 15) is 0 Å². The molecule has 0 spiro atoms. The molecular weight excluding hydrogens is 249 g/mol. The number of pyridine rings is 1. The molecule has 1 aromatic rings. The number of rotatable bonds is 0. The van der Waals surface area contributed by atoms with Crippen LogP contribution in [0.1, 0.15) is 16.8 Å². The summed E-state index contributed by atoms with van der Waals surface area (Å²) in [5.41, 5.74) is 4.13. The summed E-state index contributed by atoms with van der Waals surface area (Å²) < 4.78 is 3.51. The van der Waals surface area contributed by atoms with Gasteiger partial charge in [-0.25, -0.2) is 0 Å². The fourth-order valence-electron chi connectivity index (χ4n) is 1.08. The molecule has 0 bridgehead atoms. The molecule has 0 aromatic carbocycles. The van der Waals surface area contributed by atoms with E-state index in [4.69, 9.17) is 0 Å². The third-order valence-electron chi connectivity index (χ3n) is 2.29. The van der Waals surface area contributed by atoms with Crippen LogP contribution in [0.4, 0.5) is 0 Å². The van der Waals surface area contributed by atoms with Gasteiger partial charge in [-0.05, 0) is 19.4 Å². The van der Waals surface area contributed by atoms with Crippen LogP contribution in [-0.4, -0.2) is 0 Å². The van der Waals surface area contributed by atoms with Crippen molar-refractivity contribution in [2.45, 2.75) is 20.8 Å². The number of hydrogen-bond acceptors (Lipinski definition) is 0. The van der Waals surface area contributed by atoms with E-state index in [1.807, 2.05) is 0 Å². The van der Waals surface area contributed by atoms with E-state index < -0.39 is 0 Å². The standard InChI is InChI=1S/C9H13IN/c1-6-5-9(10)11(4)8(3)7(6)2/h5H,1-4H3/q+1. The van der Waals surface area contributed by atoms with Gasteiger partial charge in [0.25, 0.3) is 0 Å². The van der Waals surface area contributed by atoms with Gasteiger partial charge in [0.1, 0.15) is 7.05 Å². The van der Waals surface area contributed by atoms with Crippen molar-refractivity contribution in [3.63, 3.8) is 0 Å². The number of halogens is 1. The highest BCUT2D eigenvalue weighted by Crippen LogP contribution is 2.10. The molecule has 2 heteroatoms. The van der Waals surface area contributed by atoms with Gasteiger partial charge in [-0.15, -0.1) is 0 Å². The maximum atomic E-state index is 2.36. The van der Waals surface area contributed by atoms with Crippen molar-refractivity contribution in [1.82, 2.24) is 0 Å². The molecule has 1 nitrogen and oxygen atoms in total. The molecule has 0 atom stereocenters. The van der Waals surface area contributed by atoms with Crippen molar-refractivity contribution in [3.8, 4) is 0 Å². The first kappa shape index (κ1) is 8.97. The zero-order chi connectivity index (χ0) is 8.59. The van der Waals surface area contributed by atoms with E-state index in [0.29, 0.717) is 0 Å². The minimum atomic E-state index is 1.29. The van der Waals surface area contributed by atoms with Crippen LogP contribution in [0.5, 0.6) is 0 Å².